The average molecular weight is 329 g/mol. The van der Waals surface area contributed by atoms with Gasteiger partial charge in [-0.15, -0.1) is 0 Å². The SMILES string of the molecule is CCNC(=NCc1ccc(-n2ccnc2)c(F)c1)NC1CCCC1. The van der Waals surface area contributed by atoms with Gasteiger partial charge in [0.25, 0.3) is 0 Å². The minimum absolute atomic E-state index is 0.269. The van der Waals surface area contributed by atoms with Crippen LogP contribution in [0, 0.1) is 5.82 Å². The first-order valence-corrected chi connectivity index (χ1v) is 8.58. The molecule has 0 aliphatic heterocycles. The maximum atomic E-state index is 14.3. The zero-order valence-electron chi connectivity index (χ0n) is 14.0. The molecule has 0 bridgehead atoms. The molecule has 0 amide bonds. The monoisotopic (exact) mass is 329 g/mol. The molecule has 1 aliphatic carbocycles. The fraction of sp³-hybridized carbons (Fsp3) is 0.444. The topological polar surface area (TPSA) is 54.2 Å². The summed E-state index contributed by atoms with van der Waals surface area (Å²) in [4.78, 5) is 8.54. The summed E-state index contributed by atoms with van der Waals surface area (Å²) in [6, 6.07) is 5.71. The molecule has 1 aromatic heterocycles. The summed E-state index contributed by atoms with van der Waals surface area (Å²) in [5, 5.41) is 6.73. The number of aromatic nitrogens is 2. The van der Waals surface area contributed by atoms with Gasteiger partial charge in [-0.25, -0.2) is 14.4 Å². The van der Waals surface area contributed by atoms with Crippen LogP contribution in [0.4, 0.5) is 4.39 Å². The number of nitrogens with one attached hydrogen (secondary N) is 2. The number of rotatable bonds is 5. The molecule has 128 valence electrons. The lowest BCUT2D eigenvalue weighted by Gasteiger charge is -2.16. The fourth-order valence-corrected chi connectivity index (χ4v) is 3.01. The lowest BCUT2D eigenvalue weighted by Crippen LogP contribution is -2.42. The molecule has 0 atom stereocenters. The van der Waals surface area contributed by atoms with Gasteiger partial charge < -0.3 is 15.2 Å². The lowest BCUT2D eigenvalue weighted by atomic mass is 10.2. The Bertz CT molecular complexity index is 675. The molecule has 0 unspecified atom stereocenters. The van der Waals surface area contributed by atoms with Crippen molar-refractivity contribution in [1.29, 1.82) is 0 Å². The molecule has 0 spiro atoms. The number of hydrogen-bond donors (Lipinski definition) is 2. The van der Waals surface area contributed by atoms with Crippen molar-refractivity contribution < 1.29 is 4.39 Å². The van der Waals surface area contributed by atoms with Crippen LogP contribution in [0.2, 0.25) is 0 Å². The summed E-state index contributed by atoms with van der Waals surface area (Å²) in [7, 11) is 0. The Morgan fingerprint density at radius 2 is 2.21 bits per heavy atom. The van der Waals surface area contributed by atoms with E-state index < -0.39 is 0 Å². The summed E-state index contributed by atoms with van der Waals surface area (Å²) in [6.07, 6.45) is 9.89. The number of halogens is 1. The number of aliphatic imine (C=N–C) groups is 1. The van der Waals surface area contributed by atoms with Crippen molar-refractivity contribution in [2.24, 2.45) is 4.99 Å². The predicted molar refractivity (Wildman–Crippen MR) is 93.7 cm³/mol. The van der Waals surface area contributed by atoms with Gasteiger partial charge in [0.15, 0.2) is 5.96 Å². The maximum Gasteiger partial charge on any atom is 0.191 e. The molecule has 1 heterocycles. The molecule has 0 radical (unpaired) electrons. The lowest BCUT2D eigenvalue weighted by molar-refractivity contribution is 0.611. The molecule has 3 rings (SSSR count). The van der Waals surface area contributed by atoms with Crippen molar-refractivity contribution in [2.75, 3.05) is 6.54 Å². The van der Waals surface area contributed by atoms with E-state index >= 15 is 0 Å². The highest BCUT2D eigenvalue weighted by Gasteiger charge is 2.15. The molecule has 2 aromatic rings. The van der Waals surface area contributed by atoms with Gasteiger partial charge in [0.05, 0.1) is 18.6 Å². The summed E-state index contributed by atoms with van der Waals surface area (Å²) < 4.78 is 15.9. The Labute approximate surface area is 142 Å². The van der Waals surface area contributed by atoms with Crippen LogP contribution in [0.15, 0.2) is 41.9 Å². The van der Waals surface area contributed by atoms with Gasteiger partial charge in [-0.05, 0) is 37.5 Å². The second-order valence-corrected chi connectivity index (χ2v) is 6.08. The van der Waals surface area contributed by atoms with E-state index in [-0.39, 0.29) is 5.82 Å². The fourth-order valence-electron chi connectivity index (χ4n) is 3.01. The third kappa shape index (κ3) is 4.13. The predicted octanol–water partition coefficient (Wildman–Crippen LogP) is 3.01. The van der Waals surface area contributed by atoms with Gasteiger partial charge in [-0.3, -0.25) is 0 Å². The summed E-state index contributed by atoms with van der Waals surface area (Å²) in [5.41, 5.74) is 1.34. The molecule has 5 nitrogen and oxygen atoms in total. The molecule has 24 heavy (non-hydrogen) atoms. The van der Waals surface area contributed by atoms with Crippen molar-refractivity contribution in [3.63, 3.8) is 0 Å². The Hall–Kier alpha value is -2.37. The smallest absolute Gasteiger partial charge is 0.191 e. The summed E-state index contributed by atoms with van der Waals surface area (Å²) >= 11 is 0. The van der Waals surface area contributed by atoms with Crippen molar-refractivity contribution >= 4 is 5.96 Å². The van der Waals surface area contributed by atoms with E-state index in [1.165, 1.54) is 31.7 Å². The average Bonchev–Trinajstić information content (AvgIpc) is 3.26. The number of benzene rings is 1. The Balaban J connectivity index is 1.68. The molecular weight excluding hydrogens is 305 g/mol. The molecule has 1 aromatic carbocycles. The molecule has 1 saturated carbocycles. The van der Waals surface area contributed by atoms with Crippen molar-refractivity contribution in [3.05, 3.63) is 48.3 Å². The molecule has 1 aliphatic rings. The van der Waals surface area contributed by atoms with E-state index in [1.54, 1.807) is 29.4 Å². The van der Waals surface area contributed by atoms with Gasteiger partial charge in [-0.1, -0.05) is 18.9 Å². The first-order chi connectivity index (χ1) is 11.8. The highest BCUT2D eigenvalue weighted by atomic mass is 19.1. The number of hydrogen-bond acceptors (Lipinski definition) is 2. The van der Waals surface area contributed by atoms with Crippen LogP contribution in [0.3, 0.4) is 0 Å². The minimum Gasteiger partial charge on any atom is -0.357 e. The zero-order valence-corrected chi connectivity index (χ0v) is 14.0. The zero-order chi connectivity index (χ0) is 16.8. The third-order valence-corrected chi connectivity index (χ3v) is 4.25. The van der Waals surface area contributed by atoms with Crippen LogP contribution >= 0.6 is 0 Å². The van der Waals surface area contributed by atoms with Crippen LogP contribution in [-0.2, 0) is 6.54 Å². The Kier molecular flexibility index (Phi) is 5.46. The van der Waals surface area contributed by atoms with Crippen molar-refractivity contribution in [2.45, 2.75) is 45.2 Å². The second-order valence-electron chi connectivity index (χ2n) is 6.08. The van der Waals surface area contributed by atoms with E-state index in [9.17, 15) is 4.39 Å². The molecule has 1 fully saturated rings. The van der Waals surface area contributed by atoms with E-state index in [4.69, 9.17) is 0 Å². The highest BCUT2D eigenvalue weighted by Crippen LogP contribution is 2.18. The second kappa shape index (κ2) is 7.95. The Morgan fingerprint density at radius 3 is 2.88 bits per heavy atom. The Morgan fingerprint density at radius 1 is 1.38 bits per heavy atom. The van der Waals surface area contributed by atoms with Crippen LogP contribution in [-0.4, -0.2) is 28.1 Å². The van der Waals surface area contributed by atoms with Gasteiger partial charge in [-0.2, -0.15) is 0 Å². The highest BCUT2D eigenvalue weighted by molar-refractivity contribution is 5.80. The quantitative estimate of drug-likeness (QED) is 0.655. The van der Waals surface area contributed by atoms with Gasteiger partial charge in [0, 0.05) is 25.0 Å². The van der Waals surface area contributed by atoms with Crippen LogP contribution in [0.25, 0.3) is 5.69 Å². The molecular formula is C18H24FN5. The summed E-state index contributed by atoms with van der Waals surface area (Å²) in [6.45, 7) is 3.31. The number of nitrogens with zero attached hydrogens (tertiary/aromatic N) is 3. The van der Waals surface area contributed by atoms with Crippen LogP contribution in [0.5, 0.6) is 0 Å². The van der Waals surface area contributed by atoms with Crippen LogP contribution < -0.4 is 10.6 Å². The van der Waals surface area contributed by atoms with Gasteiger partial charge in [0.1, 0.15) is 5.82 Å². The largest absolute Gasteiger partial charge is 0.357 e. The molecule has 6 heteroatoms. The molecule has 2 N–H and O–H groups in total. The maximum absolute atomic E-state index is 14.3. The standard InChI is InChI=1S/C18H24FN5/c1-2-21-18(23-15-5-3-4-6-15)22-12-14-7-8-17(16(19)11-14)24-10-9-20-13-24/h7-11,13,15H,2-6,12H2,1H3,(H2,21,22,23). The van der Waals surface area contributed by atoms with E-state index in [0.29, 0.717) is 18.3 Å². The number of guanidine groups is 1. The third-order valence-electron chi connectivity index (χ3n) is 4.25. The molecule has 0 saturated heterocycles. The van der Waals surface area contributed by atoms with Crippen LogP contribution in [0.1, 0.15) is 38.2 Å². The van der Waals surface area contributed by atoms with Gasteiger partial charge in [0.2, 0.25) is 0 Å². The van der Waals surface area contributed by atoms with E-state index in [2.05, 4.69) is 20.6 Å². The normalized spacial score (nSPS) is 15.7. The summed E-state index contributed by atoms with van der Waals surface area (Å²) in [5.74, 6) is 0.540. The van der Waals surface area contributed by atoms with Crippen molar-refractivity contribution in [1.82, 2.24) is 20.2 Å². The van der Waals surface area contributed by atoms with Gasteiger partial charge >= 0.3 is 0 Å². The first kappa shape index (κ1) is 16.5. The van der Waals surface area contributed by atoms with E-state index in [0.717, 1.165) is 18.1 Å². The first-order valence-electron chi connectivity index (χ1n) is 8.58. The van der Waals surface area contributed by atoms with Crippen molar-refractivity contribution in [3.8, 4) is 5.69 Å². The van der Waals surface area contributed by atoms with E-state index in [1.807, 2.05) is 13.0 Å². The minimum atomic E-state index is -0.269. The number of imidazole rings is 1.